The van der Waals surface area contributed by atoms with Crippen molar-refractivity contribution in [2.75, 3.05) is 27.0 Å². The quantitative estimate of drug-likeness (QED) is 0.350. The minimum Gasteiger partial charge on any atom is -0.493 e. The lowest BCUT2D eigenvalue weighted by molar-refractivity contribution is -0.116. The summed E-state index contributed by atoms with van der Waals surface area (Å²) in [6.45, 7) is -2.70. The number of rotatable bonds is 10. The standard InChI is InChI=1S/C21H23F2NO4S/c1-26-18-9-4-14(12-19(18)27-2)10-11-24-20(25)17(13-28-21(22)23)15-5-7-16(29-3)8-6-15/h4-9,12-13,21H,10-11H2,1-3H3,(H,24,25)/b17-13+. The Morgan fingerprint density at radius 3 is 2.38 bits per heavy atom. The molecule has 2 aromatic carbocycles. The highest BCUT2D eigenvalue weighted by atomic mass is 32.2. The Bertz CT molecular complexity index is 841. The molecule has 0 unspecified atom stereocenters. The molecule has 0 saturated heterocycles. The summed E-state index contributed by atoms with van der Waals surface area (Å²) < 4.78 is 39.7. The Kier molecular flexibility index (Phi) is 8.79. The highest BCUT2D eigenvalue weighted by Crippen LogP contribution is 2.27. The largest absolute Gasteiger partial charge is 0.493 e. The van der Waals surface area contributed by atoms with E-state index in [0.717, 1.165) is 16.7 Å². The van der Waals surface area contributed by atoms with Gasteiger partial charge in [0.05, 0.1) is 19.8 Å². The molecule has 0 saturated carbocycles. The molecule has 0 spiro atoms. The number of benzene rings is 2. The number of thioether (sulfide) groups is 1. The minimum absolute atomic E-state index is 0.0327. The van der Waals surface area contributed by atoms with Crippen LogP contribution in [0.25, 0.3) is 5.57 Å². The zero-order chi connectivity index (χ0) is 21.2. The van der Waals surface area contributed by atoms with Crippen molar-refractivity contribution in [2.45, 2.75) is 17.9 Å². The lowest BCUT2D eigenvalue weighted by Crippen LogP contribution is -2.26. The molecule has 0 radical (unpaired) electrons. The fourth-order valence-electron chi connectivity index (χ4n) is 2.59. The number of nitrogens with one attached hydrogen (secondary N) is 1. The molecule has 156 valence electrons. The number of methoxy groups -OCH3 is 2. The van der Waals surface area contributed by atoms with Gasteiger partial charge in [-0.1, -0.05) is 18.2 Å². The molecule has 5 nitrogen and oxygen atoms in total. The highest BCUT2D eigenvalue weighted by Gasteiger charge is 2.14. The number of hydrogen-bond donors (Lipinski definition) is 1. The van der Waals surface area contributed by atoms with E-state index >= 15 is 0 Å². The maximum atomic E-state index is 12.6. The summed E-state index contributed by atoms with van der Waals surface area (Å²) in [6, 6.07) is 12.5. The van der Waals surface area contributed by atoms with Gasteiger partial charge >= 0.3 is 6.61 Å². The average Bonchev–Trinajstić information content (AvgIpc) is 2.74. The molecule has 0 aliphatic heterocycles. The van der Waals surface area contributed by atoms with Crippen molar-refractivity contribution in [3.63, 3.8) is 0 Å². The Morgan fingerprint density at radius 1 is 1.10 bits per heavy atom. The number of halogens is 2. The van der Waals surface area contributed by atoms with E-state index in [-0.39, 0.29) is 5.57 Å². The number of carbonyl (C=O) groups excluding carboxylic acids is 1. The molecular formula is C21H23F2NO4S. The maximum absolute atomic E-state index is 12.6. The molecule has 1 N–H and O–H groups in total. The van der Waals surface area contributed by atoms with Crippen LogP contribution in [0.2, 0.25) is 0 Å². The van der Waals surface area contributed by atoms with Crippen LogP contribution in [0, 0.1) is 0 Å². The van der Waals surface area contributed by atoms with Gasteiger partial charge in [-0.3, -0.25) is 4.79 Å². The number of amides is 1. The van der Waals surface area contributed by atoms with Crippen molar-refractivity contribution in [1.82, 2.24) is 5.32 Å². The summed E-state index contributed by atoms with van der Waals surface area (Å²) in [7, 11) is 3.10. The van der Waals surface area contributed by atoms with E-state index in [1.54, 1.807) is 44.2 Å². The molecule has 1 amide bonds. The molecule has 0 aromatic heterocycles. The first kappa shape index (κ1) is 22.5. The zero-order valence-corrected chi connectivity index (χ0v) is 17.2. The summed E-state index contributed by atoms with van der Waals surface area (Å²) in [5.41, 5.74) is 1.46. The smallest absolute Gasteiger partial charge is 0.386 e. The topological polar surface area (TPSA) is 56.8 Å². The van der Waals surface area contributed by atoms with Crippen molar-refractivity contribution < 1.29 is 27.8 Å². The lowest BCUT2D eigenvalue weighted by atomic mass is 10.1. The Labute approximate surface area is 173 Å². The molecular weight excluding hydrogens is 400 g/mol. The molecule has 29 heavy (non-hydrogen) atoms. The summed E-state index contributed by atoms with van der Waals surface area (Å²) >= 11 is 1.54. The summed E-state index contributed by atoms with van der Waals surface area (Å²) in [5, 5.41) is 2.74. The molecule has 0 aliphatic rings. The molecule has 0 aliphatic carbocycles. The molecule has 0 bridgehead atoms. The van der Waals surface area contributed by atoms with Crippen LogP contribution in [0.5, 0.6) is 11.5 Å². The Hall–Kier alpha value is -2.74. The predicted octanol–water partition coefficient (Wildman–Crippen LogP) is 4.36. The number of hydrogen-bond acceptors (Lipinski definition) is 5. The van der Waals surface area contributed by atoms with Gasteiger partial charge in [-0.15, -0.1) is 11.8 Å². The van der Waals surface area contributed by atoms with Crippen LogP contribution >= 0.6 is 11.8 Å². The van der Waals surface area contributed by atoms with Crippen LogP contribution in [0.4, 0.5) is 8.78 Å². The fourth-order valence-corrected chi connectivity index (χ4v) is 3.00. The van der Waals surface area contributed by atoms with E-state index in [9.17, 15) is 13.6 Å². The van der Waals surface area contributed by atoms with Crippen molar-refractivity contribution >= 4 is 23.2 Å². The second-order valence-electron chi connectivity index (χ2n) is 5.85. The number of ether oxygens (including phenoxy) is 3. The molecule has 0 atom stereocenters. The van der Waals surface area contributed by atoms with Crippen LogP contribution in [0.15, 0.2) is 53.6 Å². The van der Waals surface area contributed by atoms with E-state index < -0.39 is 12.5 Å². The fraction of sp³-hybridized carbons (Fsp3) is 0.286. The van der Waals surface area contributed by atoms with Gasteiger partial charge in [0.2, 0.25) is 0 Å². The molecule has 8 heteroatoms. The van der Waals surface area contributed by atoms with Crippen LogP contribution in [-0.4, -0.2) is 39.5 Å². The average molecular weight is 423 g/mol. The van der Waals surface area contributed by atoms with Crippen LogP contribution < -0.4 is 14.8 Å². The van der Waals surface area contributed by atoms with E-state index in [4.69, 9.17) is 9.47 Å². The molecule has 0 heterocycles. The second kappa shape index (κ2) is 11.3. The third-order valence-corrected chi connectivity index (χ3v) is 4.83. The molecule has 0 fully saturated rings. The number of carbonyl (C=O) groups is 1. The molecule has 2 rings (SSSR count). The third-order valence-electron chi connectivity index (χ3n) is 4.08. The van der Waals surface area contributed by atoms with Gasteiger partial charge in [-0.05, 0) is 48.1 Å². The van der Waals surface area contributed by atoms with Gasteiger partial charge in [0, 0.05) is 11.4 Å². The monoisotopic (exact) mass is 423 g/mol. The van der Waals surface area contributed by atoms with Gasteiger partial charge in [-0.2, -0.15) is 8.78 Å². The van der Waals surface area contributed by atoms with E-state index in [2.05, 4.69) is 10.1 Å². The van der Waals surface area contributed by atoms with Gasteiger partial charge in [0.1, 0.15) is 6.26 Å². The number of alkyl halides is 2. The van der Waals surface area contributed by atoms with Gasteiger partial charge in [-0.25, -0.2) is 0 Å². The van der Waals surface area contributed by atoms with E-state index in [1.807, 2.05) is 30.5 Å². The first-order valence-electron chi connectivity index (χ1n) is 8.75. The van der Waals surface area contributed by atoms with Crippen molar-refractivity contribution in [3.05, 3.63) is 59.9 Å². The van der Waals surface area contributed by atoms with Gasteiger partial charge in [0.25, 0.3) is 5.91 Å². The Morgan fingerprint density at radius 2 is 1.79 bits per heavy atom. The Balaban J connectivity index is 2.06. The molecule has 2 aromatic rings. The van der Waals surface area contributed by atoms with Gasteiger partial charge < -0.3 is 19.5 Å². The first-order chi connectivity index (χ1) is 14.0. The summed E-state index contributed by atoms with van der Waals surface area (Å²) in [5.74, 6) is 0.711. The summed E-state index contributed by atoms with van der Waals surface area (Å²) in [4.78, 5) is 13.6. The first-order valence-corrected chi connectivity index (χ1v) is 9.98. The third kappa shape index (κ3) is 6.67. The lowest BCUT2D eigenvalue weighted by Gasteiger charge is -2.12. The van der Waals surface area contributed by atoms with Crippen molar-refractivity contribution in [1.29, 1.82) is 0 Å². The maximum Gasteiger partial charge on any atom is 0.386 e. The minimum atomic E-state index is -3.00. The second-order valence-corrected chi connectivity index (χ2v) is 6.73. The normalized spacial score (nSPS) is 11.3. The van der Waals surface area contributed by atoms with E-state index in [1.165, 1.54) is 0 Å². The summed E-state index contributed by atoms with van der Waals surface area (Å²) in [6.07, 6.45) is 3.25. The van der Waals surface area contributed by atoms with Crippen molar-refractivity contribution in [2.24, 2.45) is 0 Å². The predicted molar refractivity (Wildman–Crippen MR) is 110 cm³/mol. The van der Waals surface area contributed by atoms with Crippen LogP contribution in [-0.2, 0) is 16.0 Å². The van der Waals surface area contributed by atoms with Crippen LogP contribution in [0.3, 0.4) is 0 Å². The SMILES string of the molecule is COc1ccc(CCNC(=O)/C(=C/OC(F)F)c2ccc(SC)cc2)cc1OC. The highest BCUT2D eigenvalue weighted by molar-refractivity contribution is 7.98. The van der Waals surface area contributed by atoms with Crippen molar-refractivity contribution in [3.8, 4) is 11.5 Å². The van der Waals surface area contributed by atoms with Crippen LogP contribution in [0.1, 0.15) is 11.1 Å². The van der Waals surface area contributed by atoms with Gasteiger partial charge in [0.15, 0.2) is 11.5 Å². The van der Waals surface area contributed by atoms with E-state index in [0.29, 0.717) is 30.0 Å². The zero-order valence-electron chi connectivity index (χ0n) is 16.4.